The molecule has 0 radical (unpaired) electrons. The summed E-state index contributed by atoms with van der Waals surface area (Å²) in [5.41, 5.74) is 0.538. The van der Waals surface area contributed by atoms with E-state index in [4.69, 9.17) is 13.7 Å². The van der Waals surface area contributed by atoms with E-state index in [1.54, 1.807) is 30.3 Å². The van der Waals surface area contributed by atoms with E-state index in [1.165, 1.54) is 18.4 Å². The number of nitrogens with zero attached hydrogens (tertiary/aromatic N) is 1. The molecule has 2 heterocycles. The van der Waals surface area contributed by atoms with Gasteiger partial charge in [-0.1, -0.05) is 17.3 Å². The topological polar surface area (TPSA) is 77.5 Å². The number of ether oxygens (including phenoxy) is 1. The lowest BCUT2D eigenvalue weighted by Crippen LogP contribution is -2.28. The van der Waals surface area contributed by atoms with Crippen LogP contribution < -0.4 is 10.1 Å². The molecule has 0 aliphatic rings. The van der Waals surface area contributed by atoms with Crippen LogP contribution in [0.2, 0.25) is 0 Å². The zero-order chi connectivity index (χ0) is 16.1. The maximum absolute atomic E-state index is 13.3. The molecule has 7 heteroatoms. The van der Waals surface area contributed by atoms with Crippen molar-refractivity contribution in [3.05, 3.63) is 60.2 Å². The van der Waals surface area contributed by atoms with Crippen LogP contribution in [-0.2, 0) is 11.3 Å². The highest BCUT2D eigenvalue weighted by Crippen LogP contribution is 2.20. The minimum absolute atomic E-state index is 0.0317. The summed E-state index contributed by atoms with van der Waals surface area (Å²) < 4.78 is 28.7. The first-order valence-electron chi connectivity index (χ1n) is 6.86. The minimum atomic E-state index is -0.514. The number of benzene rings is 1. The van der Waals surface area contributed by atoms with Gasteiger partial charge in [-0.05, 0) is 24.3 Å². The van der Waals surface area contributed by atoms with Crippen LogP contribution in [0, 0.1) is 5.82 Å². The molecule has 3 rings (SSSR count). The number of halogens is 1. The van der Waals surface area contributed by atoms with Crippen LogP contribution >= 0.6 is 0 Å². The number of rotatable bonds is 6. The summed E-state index contributed by atoms with van der Waals surface area (Å²) in [6.45, 7) is -0.118. The largest absolute Gasteiger partial charge is 0.481 e. The van der Waals surface area contributed by atoms with Crippen molar-refractivity contribution in [3.63, 3.8) is 0 Å². The second-order valence-corrected chi connectivity index (χ2v) is 4.66. The van der Waals surface area contributed by atoms with Gasteiger partial charge in [-0.15, -0.1) is 0 Å². The first kappa shape index (κ1) is 14.8. The Hall–Kier alpha value is -3.09. The molecule has 0 saturated heterocycles. The number of carbonyl (C=O) groups excluding carboxylic acids is 1. The molecule has 6 nitrogen and oxygen atoms in total. The van der Waals surface area contributed by atoms with Gasteiger partial charge in [0.2, 0.25) is 5.76 Å². The number of furan rings is 1. The minimum Gasteiger partial charge on any atom is -0.481 e. The molecule has 0 spiro atoms. The van der Waals surface area contributed by atoms with Gasteiger partial charge in [0.15, 0.2) is 23.9 Å². The number of para-hydroxylation sites is 1. The monoisotopic (exact) mass is 316 g/mol. The zero-order valence-electron chi connectivity index (χ0n) is 12.0. The van der Waals surface area contributed by atoms with Gasteiger partial charge in [0.1, 0.15) is 5.69 Å². The molecule has 0 aliphatic carbocycles. The van der Waals surface area contributed by atoms with Crippen LogP contribution in [0.3, 0.4) is 0 Å². The van der Waals surface area contributed by atoms with Gasteiger partial charge < -0.3 is 19.0 Å². The third-order valence-corrected chi connectivity index (χ3v) is 2.99. The molecule has 2 aromatic heterocycles. The molecule has 3 aromatic rings. The van der Waals surface area contributed by atoms with E-state index in [0.29, 0.717) is 17.2 Å². The Labute approximate surface area is 130 Å². The van der Waals surface area contributed by atoms with Crippen molar-refractivity contribution >= 4 is 5.91 Å². The third kappa shape index (κ3) is 3.76. The average Bonchev–Trinajstić information content (AvgIpc) is 3.23. The molecule has 0 aliphatic heterocycles. The quantitative estimate of drug-likeness (QED) is 0.756. The van der Waals surface area contributed by atoms with E-state index in [1.807, 2.05) is 0 Å². The second kappa shape index (κ2) is 6.78. The van der Waals surface area contributed by atoms with Gasteiger partial charge in [0, 0.05) is 6.07 Å². The fraction of sp³-hybridized carbons (Fsp3) is 0.125. The van der Waals surface area contributed by atoms with Gasteiger partial charge in [-0.2, -0.15) is 0 Å². The number of aromatic nitrogens is 1. The van der Waals surface area contributed by atoms with Gasteiger partial charge in [0.05, 0.1) is 12.8 Å². The lowest BCUT2D eigenvalue weighted by Gasteiger charge is -2.06. The Morgan fingerprint density at radius 2 is 2.09 bits per heavy atom. The molecule has 1 aromatic carbocycles. The molecule has 1 amide bonds. The smallest absolute Gasteiger partial charge is 0.258 e. The van der Waals surface area contributed by atoms with Crippen molar-refractivity contribution in [3.8, 4) is 17.3 Å². The SMILES string of the molecule is O=C(COc1ccccc1F)NCc1cc(-c2ccco2)on1. The maximum Gasteiger partial charge on any atom is 0.258 e. The molecule has 23 heavy (non-hydrogen) atoms. The van der Waals surface area contributed by atoms with Gasteiger partial charge in [0.25, 0.3) is 5.91 Å². The molecule has 0 bridgehead atoms. The normalized spacial score (nSPS) is 10.5. The van der Waals surface area contributed by atoms with E-state index < -0.39 is 11.7 Å². The van der Waals surface area contributed by atoms with Crippen LogP contribution in [0.15, 0.2) is 57.7 Å². The molecule has 0 fully saturated rings. The number of hydrogen-bond donors (Lipinski definition) is 1. The summed E-state index contributed by atoms with van der Waals surface area (Å²) >= 11 is 0. The third-order valence-electron chi connectivity index (χ3n) is 2.99. The Morgan fingerprint density at radius 3 is 2.87 bits per heavy atom. The average molecular weight is 316 g/mol. The Balaban J connectivity index is 1.49. The Kier molecular flexibility index (Phi) is 4.37. The maximum atomic E-state index is 13.3. The summed E-state index contributed by atoms with van der Waals surface area (Å²) in [6, 6.07) is 11.0. The number of nitrogens with one attached hydrogen (secondary N) is 1. The van der Waals surface area contributed by atoms with Crippen molar-refractivity contribution in [1.29, 1.82) is 0 Å². The van der Waals surface area contributed by atoms with Gasteiger partial charge in [-0.25, -0.2) is 4.39 Å². The highest BCUT2D eigenvalue weighted by Gasteiger charge is 2.11. The molecule has 118 valence electrons. The van der Waals surface area contributed by atoms with E-state index in [-0.39, 0.29) is 18.9 Å². The molecule has 0 unspecified atom stereocenters. The predicted octanol–water partition coefficient (Wildman–Crippen LogP) is 2.77. The molecular formula is C16H13FN2O4. The van der Waals surface area contributed by atoms with Crippen LogP contribution in [0.5, 0.6) is 5.75 Å². The first-order chi connectivity index (χ1) is 11.2. The van der Waals surface area contributed by atoms with Crippen LogP contribution in [-0.4, -0.2) is 17.7 Å². The standard InChI is InChI=1S/C16H13FN2O4/c17-12-4-1-2-5-13(12)22-10-16(20)18-9-11-8-15(23-19-11)14-6-3-7-21-14/h1-8H,9-10H2,(H,18,20). The fourth-order valence-corrected chi connectivity index (χ4v) is 1.88. The molecule has 0 saturated carbocycles. The van der Waals surface area contributed by atoms with Crippen LogP contribution in [0.1, 0.15) is 5.69 Å². The summed E-state index contributed by atoms with van der Waals surface area (Å²) in [5.74, 6) is 0.153. The highest BCUT2D eigenvalue weighted by molar-refractivity contribution is 5.77. The number of carbonyl (C=O) groups is 1. The Morgan fingerprint density at radius 1 is 1.22 bits per heavy atom. The molecular weight excluding hydrogens is 303 g/mol. The molecule has 0 atom stereocenters. The first-order valence-corrected chi connectivity index (χ1v) is 6.86. The van der Waals surface area contributed by atoms with E-state index in [9.17, 15) is 9.18 Å². The zero-order valence-corrected chi connectivity index (χ0v) is 12.0. The lowest BCUT2D eigenvalue weighted by molar-refractivity contribution is -0.123. The van der Waals surface area contributed by atoms with Crippen molar-refractivity contribution in [2.45, 2.75) is 6.54 Å². The van der Waals surface area contributed by atoms with Gasteiger partial charge >= 0.3 is 0 Å². The van der Waals surface area contributed by atoms with Crippen molar-refractivity contribution in [1.82, 2.24) is 10.5 Å². The van der Waals surface area contributed by atoms with Crippen molar-refractivity contribution < 1.29 is 22.9 Å². The van der Waals surface area contributed by atoms with Crippen molar-refractivity contribution in [2.75, 3.05) is 6.61 Å². The van der Waals surface area contributed by atoms with Gasteiger partial charge in [-0.3, -0.25) is 4.79 Å². The summed E-state index contributed by atoms with van der Waals surface area (Å²) in [7, 11) is 0. The summed E-state index contributed by atoms with van der Waals surface area (Å²) in [5, 5.41) is 6.43. The predicted molar refractivity (Wildman–Crippen MR) is 77.9 cm³/mol. The van der Waals surface area contributed by atoms with E-state index >= 15 is 0 Å². The number of amides is 1. The Bertz CT molecular complexity index is 783. The second-order valence-electron chi connectivity index (χ2n) is 4.66. The van der Waals surface area contributed by atoms with E-state index in [0.717, 1.165) is 0 Å². The van der Waals surface area contributed by atoms with Crippen LogP contribution in [0.4, 0.5) is 4.39 Å². The summed E-state index contributed by atoms with van der Waals surface area (Å²) in [4.78, 5) is 11.7. The lowest BCUT2D eigenvalue weighted by atomic mass is 10.3. The van der Waals surface area contributed by atoms with Crippen molar-refractivity contribution in [2.24, 2.45) is 0 Å². The summed E-state index contributed by atoms with van der Waals surface area (Å²) in [6.07, 6.45) is 1.53. The molecule has 1 N–H and O–H groups in total. The fourth-order valence-electron chi connectivity index (χ4n) is 1.88. The van der Waals surface area contributed by atoms with E-state index in [2.05, 4.69) is 10.5 Å². The highest BCUT2D eigenvalue weighted by atomic mass is 19.1. The van der Waals surface area contributed by atoms with Crippen LogP contribution in [0.25, 0.3) is 11.5 Å². The number of hydrogen-bond acceptors (Lipinski definition) is 5.